The molecule has 1 aromatic heterocycles. The van der Waals surface area contributed by atoms with Gasteiger partial charge in [-0.15, -0.1) is 0 Å². The normalized spacial score (nSPS) is 19.3. The van der Waals surface area contributed by atoms with Gasteiger partial charge in [-0.25, -0.2) is 0 Å². The van der Waals surface area contributed by atoms with Gasteiger partial charge in [0.05, 0.1) is 11.6 Å². The van der Waals surface area contributed by atoms with Crippen LogP contribution in [0.1, 0.15) is 24.7 Å². The summed E-state index contributed by atoms with van der Waals surface area (Å²) in [6.45, 7) is 1.02. The highest BCUT2D eigenvalue weighted by Crippen LogP contribution is 2.31. The summed E-state index contributed by atoms with van der Waals surface area (Å²) in [5.74, 6) is 1.29. The fraction of sp³-hybridized carbons (Fsp3) is 0.333. The van der Waals surface area contributed by atoms with Crippen molar-refractivity contribution in [2.24, 2.45) is 0 Å². The first-order valence-corrected chi connectivity index (χ1v) is 7.35. The molecule has 1 fully saturated rings. The third-order valence-electron chi connectivity index (χ3n) is 2.97. The maximum atomic E-state index is 5.35. The Labute approximate surface area is 121 Å². The minimum Gasteiger partial charge on any atom is -0.334 e. The van der Waals surface area contributed by atoms with Crippen molar-refractivity contribution in [1.29, 1.82) is 0 Å². The Bertz CT molecular complexity index is 564. The summed E-state index contributed by atoms with van der Waals surface area (Å²) in [7, 11) is 0. The number of nitrogens with zero attached hydrogens (tertiary/aromatic N) is 2. The first kappa shape index (κ1) is 12.3. The zero-order chi connectivity index (χ0) is 12.5. The van der Waals surface area contributed by atoms with Crippen molar-refractivity contribution in [2.45, 2.75) is 18.9 Å². The molecule has 18 heavy (non-hydrogen) atoms. The van der Waals surface area contributed by atoms with Crippen molar-refractivity contribution < 1.29 is 4.52 Å². The second kappa shape index (κ2) is 5.11. The molecule has 0 spiro atoms. The maximum absolute atomic E-state index is 5.35. The van der Waals surface area contributed by atoms with E-state index in [1.165, 1.54) is 0 Å². The van der Waals surface area contributed by atoms with Crippen molar-refractivity contribution >= 4 is 31.9 Å². The first-order valence-electron chi connectivity index (χ1n) is 5.76. The van der Waals surface area contributed by atoms with Gasteiger partial charge in [0.2, 0.25) is 0 Å². The number of rotatable bonds is 2. The number of nitrogens with one attached hydrogen (secondary N) is 1. The molecule has 1 aromatic carbocycles. The smallest absolute Gasteiger partial charge is 0.259 e. The van der Waals surface area contributed by atoms with E-state index < -0.39 is 0 Å². The summed E-state index contributed by atoms with van der Waals surface area (Å²) in [5.41, 5.74) is 0.904. The third-order valence-corrected chi connectivity index (χ3v) is 4.16. The van der Waals surface area contributed by atoms with Crippen molar-refractivity contribution in [2.75, 3.05) is 6.54 Å². The minimum absolute atomic E-state index is 0.230. The van der Waals surface area contributed by atoms with Gasteiger partial charge in [0.15, 0.2) is 5.82 Å². The van der Waals surface area contributed by atoms with Gasteiger partial charge in [-0.1, -0.05) is 21.1 Å². The van der Waals surface area contributed by atoms with Crippen molar-refractivity contribution in [3.05, 3.63) is 33.0 Å². The van der Waals surface area contributed by atoms with E-state index in [0.29, 0.717) is 5.89 Å². The highest BCUT2D eigenvalue weighted by Gasteiger charge is 2.22. The van der Waals surface area contributed by atoms with E-state index in [1.807, 2.05) is 18.2 Å². The number of halogens is 2. The molecule has 6 heteroatoms. The van der Waals surface area contributed by atoms with Crippen LogP contribution in [0.15, 0.2) is 31.7 Å². The molecule has 0 saturated carbocycles. The second-order valence-electron chi connectivity index (χ2n) is 4.23. The quantitative estimate of drug-likeness (QED) is 0.873. The minimum atomic E-state index is 0.230. The van der Waals surface area contributed by atoms with Gasteiger partial charge >= 0.3 is 0 Å². The lowest BCUT2D eigenvalue weighted by atomic mass is 10.2. The summed E-state index contributed by atoms with van der Waals surface area (Å²) in [6.07, 6.45) is 2.23. The zero-order valence-electron chi connectivity index (χ0n) is 9.49. The monoisotopic (exact) mass is 371 g/mol. The predicted octanol–water partition coefficient (Wildman–Crippen LogP) is 3.69. The van der Waals surface area contributed by atoms with Crippen LogP contribution in [0.2, 0.25) is 0 Å². The molecule has 0 bridgehead atoms. The second-order valence-corrected chi connectivity index (χ2v) is 6.00. The van der Waals surface area contributed by atoms with Crippen LogP contribution in [0.25, 0.3) is 11.5 Å². The summed E-state index contributed by atoms with van der Waals surface area (Å²) in [4.78, 5) is 4.47. The van der Waals surface area contributed by atoms with Gasteiger partial charge in [0.25, 0.3) is 5.89 Å². The van der Waals surface area contributed by atoms with E-state index in [-0.39, 0.29) is 6.04 Å². The molecule has 1 saturated heterocycles. The van der Waals surface area contributed by atoms with Gasteiger partial charge in [-0.3, -0.25) is 0 Å². The van der Waals surface area contributed by atoms with Crippen molar-refractivity contribution in [3.63, 3.8) is 0 Å². The molecule has 1 aliphatic heterocycles. The largest absolute Gasteiger partial charge is 0.334 e. The average molecular weight is 373 g/mol. The number of hydrogen-bond acceptors (Lipinski definition) is 4. The molecule has 0 aliphatic carbocycles. The van der Waals surface area contributed by atoms with E-state index in [2.05, 4.69) is 47.3 Å². The van der Waals surface area contributed by atoms with E-state index >= 15 is 0 Å². The molecule has 1 aliphatic rings. The Morgan fingerprint density at radius 3 is 3.00 bits per heavy atom. The molecular weight excluding hydrogens is 362 g/mol. The average Bonchev–Trinajstić information content (AvgIpc) is 3.00. The van der Waals surface area contributed by atoms with Crippen LogP contribution in [0, 0.1) is 0 Å². The summed E-state index contributed by atoms with van der Waals surface area (Å²) in [6, 6.07) is 6.11. The van der Waals surface area contributed by atoms with Gasteiger partial charge in [0.1, 0.15) is 0 Å². The molecule has 3 rings (SSSR count). The van der Waals surface area contributed by atoms with Crippen LogP contribution >= 0.6 is 31.9 Å². The van der Waals surface area contributed by atoms with Crippen molar-refractivity contribution in [1.82, 2.24) is 15.5 Å². The van der Waals surface area contributed by atoms with Crippen LogP contribution in [-0.4, -0.2) is 16.7 Å². The van der Waals surface area contributed by atoms with Gasteiger partial charge in [0, 0.05) is 8.95 Å². The molecule has 1 atom stereocenters. The lowest BCUT2D eigenvalue weighted by Crippen LogP contribution is -2.14. The Morgan fingerprint density at radius 1 is 1.33 bits per heavy atom. The highest BCUT2D eigenvalue weighted by atomic mass is 79.9. The molecule has 2 aromatic rings. The summed E-state index contributed by atoms with van der Waals surface area (Å²) >= 11 is 6.94. The van der Waals surface area contributed by atoms with Crippen molar-refractivity contribution in [3.8, 4) is 11.5 Å². The van der Waals surface area contributed by atoms with E-state index in [4.69, 9.17) is 4.52 Å². The van der Waals surface area contributed by atoms with Gasteiger partial charge < -0.3 is 9.84 Å². The zero-order valence-corrected chi connectivity index (χ0v) is 12.7. The van der Waals surface area contributed by atoms with E-state index in [0.717, 1.165) is 39.7 Å². The maximum Gasteiger partial charge on any atom is 0.259 e. The number of benzene rings is 1. The highest BCUT2D eigenvalue weighted by molar-refractivity contribution is 9.11. The summed E-state index contributed by atoms with van der Waals surface area (Å²) < 4.78 is 7.28. The third kappa shape index (κ3) is 2.37. The Kier molecular flexibility index (Phi) is 3.50. The Balaban J connectivity index is 1.94. The lowest BCUT2D eigenvalue weighted by Gasteiger charge is -2.02. The molecule has 94 valence electrons. The van der Waals surface area contributed by atoms with E-state index in [1.54, 1.807) is 0 Å². The fourth-order valence-corrected chi connectivity index (χ4v) is 2.83. The van der Waals surface area contributed by atoms with Crippen LogP contribution < -0.4 is 5.32 Å². The molecule has 0 amide bonds. The first-order chi connectivity index (χ1) is 8.74. The predicted molar refractivity (Wildman–Crippen MR) is 75.1 cm³/mol. The molecule has 4 nitrogen and oxygen atoms in total. The molecular formula is C12H11Br2N3O. The molecule has 2 heterocycles. The number of aromatic nitrogens is 2. The topological polar surface area (TPSA) is 51.0 Å². The Hall–Kier alpha value is -0.720. The van der Waals surface area contributed by atoms with Gasteiger partial charge in [-0.05, 0) is 53.5 Å². The van der Waals surface area contributed by atoms with Gasteiger partial charge in [-0.2, -0.15) is 4.98 Å². The van der Waals surface area contributed by atoms with Crippen LogP contribution in [0.3, 0.4) is 0 Å². The SMILES string of the molecule is Brc1ccc(Br)c(-c2nc(C3CCCN3)no2)c1. The van der Waals surface area contributed by atoms with Crippen LogP contribution in [0.5, 0.6) is 0 Å². The molecule has 0 radical (unpaired) electrons. The Morgan fingerprint density at radius 2 is 2.22 bits per heavy atom. The fourth-order valence-electron chi connectivity index (χ4n) is 2.05. The lowest BCUT2D eigenvalue weighted by molar-refractivity contribution is 0.412. The van der Waals surface area contributed by atoms with Crippen LogP contribution in [0.4, 0.5) is 0 Å². The molecule has 1 unspecified atom stereocenters. The molecule has 1 N–H and O–H groups in total. The standard InChI is InChI=1S/C12H11Br2N3O/c13-7-3-4-9(14)8(6-7)12-16-11(17-18-12)10-2-1-5-15-10/h3-4,6,10,15H,1-2,5H2. The summed E-state index contributed by atoms with van der Waals surface area (Å²) in [5, 5.41) is 7.42. The van der Waals surface area contributed by atoms with Crippen LogP contribution in [-0.2, 0) is 0 Å². The number of hydrogen-bond donors (Lipinski definition) is 1. The van der Waals surface area contributed by atoms with E-state index in [9.17, 15) is 0 Å².